The van der Waals surface area contributed by atoms with Gasteiger partial charge in [0.15, 0.2) is 11.5 Å². The van der Waals surface area contributed by atoms with Crippen LogP contribution in [0.15, 0.2) is 57.4 Å². The maximum atomic E-state index is 12.3. The number of carbonyl (C=O) groups is 1. The van der Waals surface area contributed by atoms with Crippen molar-refractivity contribution in [3.63, 3.8) is 0 Å². The number of aromatic carboxylic acids is 1. The Bertz CT molecular complexity index is 1230. The highest BCUT2D eigenvalue weighted by atomic mass is 79.9. The average molecular weight is 515 g/mol. The molecule has 0 amide bonds. The van der Waals surface area contributed by atoms with Gasteiger partial charge in [0.25, 0.3) is 0 Å². The number of carboxylic acid groups (broad SMARTS) is 1. The predicted molar refractivity (Wildman–Crippen MR) is 124 cm³/mol. The Hall–Kier alpha value is -3.04. The van der Waals surface area contributed by atoms with Crippen LogP contribution in [0.1, 0.15) is 45.1 Å². The fraction of sp³-hybridized carbons (Fsp3) is 0.217. The Morgan fingerprint density at radius 2 is 2.06 bits per heavy atom. The maximum absolute atomic E-state index is 12.3. The summed E-state index contributed by atoms with van der Waals surface area (Å²) in [7, 11) is 2.90. The third kappa shape index (κ3) is 3.32. The third-order valence-electron chi connectivity index (χ3n) is 5.62. The molecule has 7 nitrogen and oxygen atoms in total. The Kier molecular flexibility index (Phi) is 5.30. The smallest absolute Gasteiger partial charge is 0.340 e. The molecule has 3 heterocycles. The first kappa shape index (κ1) is 20.8. The zero-order valence-corrected chi connectivity index (χ0v) is 19.6. The summed E-state index contributed by atoms with van der Waals surface area (Å²) in [5.74, 6) is 0.0720. The van der Waals surface area contributed by atoms with E-state index in [0.717, 1.165) is 20.6 Å². The minimum absolute atomic E-state index is 0.00376. The Morgan fingerprint density at radius 1 is 1.22 bits per heavy atom. The monoisotopic (exact) mass is 514 g/mol. The van der Waals surface area contributed by atoms with Gasteiger partial charge in [0, 0.05) is 22.0 Å². The summed E-state index contributed by atoms with van der Waals surface area (Å²) in [5.41, 5.74) is 2.40. The molecule has 0 radical (unpaired) electrons. The van der Waals surface area contributed by atoms with Gasteiger partial charge in [-0.15, -0.1) is 11.3 Å². The second kappa shape index (κ2) is 8.14. The van der Waals surface area contributed by atoms with Gasteiger partial charge in [-0.2, -0.15) is 5.10 Å². The quantitative estimate of drug-likeness (QED) is 0.486. The number of hydrazone groups is 1. The maximum Gasteiger partial charge on any atom is 0.340 e. The molecule has 0 saturated carbocycles. The SMILES string of the molecule is COc1ccc([C@H]2Oc3ccc(Br)cc3[C@H]3CC(c4cccs4)=NN32)c(C(=O)O)c1OC. The van der Waals surface area contributed by atoms with E-state index in [9.17, 15) is 9.90 Å². The van der Waals surface area contributed by atoms with Crippen molar-refractivity contribution in [1.82, 2.24) is 5.01 Å². The van der Waals surface area contributed by atoms with Crippen molar-refractivity contribution >= 4 is 38.9 Å². The third-order valence-corrected chi connectivity index (χ3v) is 7.03. The highest BCUT2D eigenvalue weighted by Crippen LogP contribution is 2.50. The molecule has 2 aromatic carbocycles. The molecule has 32 heavy (non-hydrogen) atoms. The molecule has 2 aliphatic rings. The molecule has 0 bridgehead atoms. The first-order valence-corrected chi connectivity index (χ1v) is 11.5. The Morgan fingerprint density at radius 3 is 2.75 bits per heavy atom. The van der Waals surface area contributed by atoms with Gasteiger partial charge in [0.2, 0.25) is 6.23 Å². The number of methoxy groups -OCH3 is 2. The lowest BCUT2D eigenvalue weighted by Crippen LogP contribution is -2.34. The molecular weight excluding hydrogens is 496 g/mol. The van der Waals surface area contributed by atoms with Crippen molar-refractivity contribution in [3.8, 4) is 17.2 Å². The summed E-state index contributed by atoms with van der Waals surface area (Å²) in [6.07, 6.45) is -0.0449. The number of carboxylic acids is 1. The van der Waals surface area contributed by atoms with E-state index >= 15 is 0 Å². The molecule has 2 atom stereocenters. The van der Waals surface area contributed by atoms with E-state index in [1.807, 2.05) is 40.7 Å². The molecule has 0 fully saturated rings. The zero-order chi connectivity index (χ0) is 22.4. The van der Waals surface area contributed by atoms with E-state index < -0.39 is 12.2 Å². The van der Waals surface area contributed by atoms with Gasteiger partial charge < -0.3 is 19.3 Å². The van der Waals surface area contributed by atoms with Crippen molar-refractivity contribution in [1.29, 1.82) is 0 Å². The summed E-state index contributed by atoms with van der Waals surface area (Å²) in [6.45, 7) is 0. The number of benzene rings is 2. The molecule has 0 aliphatic carbocycles. The molecule has 2 aliphatic heterocycles. The van der Waals surface area contributed by atoms with Crippen molar-refractivity contribution in [3.05, 3.63) is 73.9 Å². The van der Waals surface area contributed by atoms with Gasteiger partial charge in [-0.3, -0.25) is 0 Å². The van der Waals surface area contributed by atoms with Crippen LogP contribution in [0, 0.1) is 0 Å². The van der Waals surface area contributed by atoms with Crippen LogP contribution in [0.4, 0.5) is 0 Å². The van der Waals surface area contributed by atoms with E-state index in [-0.39, 0.29) is 17.4 Å². The predicted octanol–water partition coefficient (Wildman–Crippen LogP) is 5.47. The summed E-state index contributed by atoms with van der Waals surface area (Å²) >= 11 is 5.18. The number of hydrogen-bond acceptors (Lipinski definition) is 7. The van der Waals surface area contributed by atoms with Crippen LogP contribution in [-0.2, 0) is 0 Å². The fourth-order valence-electron chi connectivity index (χ4n) is 4.22. The summed E-state index contributed by atoms with van der Waals surface area (Å²) in [4.78, 5) is 13.4. The molecule has 1 N–H and O–H groups in total. The van der Waals surface area contributed by atoms with Gasteiger partial charge in [0.05, 0.1) is 30.9 Å². The summed E-state index contributed by atoms with van der Waals surface area (Å²) in [5, 5.41) is 18.8. The van der Waals surface area contributed by atoms with Crippen molar-refractivity contribution < 1.29 is 24.1 Å². The minimum atomic E-state index is -1.13. The number of thiophene rings is 1. The average Bonchev–Trinajstić information content (AvgIpc) is 3.47. The Balaban J connectivity index is 1.69. The molecule has 0 spiro atoms. The van der Waals surface area contributed by atoms with Crippen LogP contribution in [-0.4, -0.2) is 36.0 Å². The van der Waals surface area contributed by atoms with Crippen LogP contribution >= 0.6 is 27.3 Å². The van der Waals surface area contributed by atoms with Gasteiger partial charge in [0.1, 0.15) is 11.3 Å². The molecule has 164 valence electrons. The van der Waals surface area contributed by atoms with Gasteiger partial charge >= 0.3 is 5.97 Å². The molecule has 5 rings (SSSR count). The highest BCUT2D eigenvalue weighted by Gasteiger charge is 2.43. The van der Waals surface area contributed by atoms with Crippen molar-refractivity contribution in [2.45, 2.75) is 18.7 Å². The van der Waals surface area contributed by atoms with E-state index in [1.165, 1.54) is 14.2 Å². The van der Waals surface area contributed by atoms with Crippen LogP contribution in [0.25, 0.3) is 0 Å². The number of ether oxygens (including phenoxy) is 3. The number of rotatable bonds is 5. The van der Waals surface area contributed by atoms with Gasteiger partial charge in [-0.25, -0.2) is 9.80 Å². The molecule has 3 aromatic rings. The topological polar surface area (TPSA) is 80.6 Å². The van der Waals surface area contributed by atoms with Crippen LogP contribution in [0.2, 0.25) is 0 Å². The van der Waals surface area contributed by atoms with Crippen molar-refractivity contribution in [2.75, 3.05) is 14.2 Å². The lowest BCUT2D eigenvalue weighted by molar-refractivity contribution is -0.0199. The minimum Gasteiger partial charge on any atom is -0.493 e. The number of halogens is 1. The van der Waals surface area contributed by atoms with E-state index in [1.54, 1.807) is 23.5 Å². The van der Waals surface area contributed by atoms with Crippen LogP contribution in [0.5, 0.6) is 17.2 Å². The second-order valence-corrected chi connectivity index (χ2v) is 9.21. The molecule has 0 unspecified atom stereocenters. The first-order valence-electron chi connectivity index (χ1n) is 9.85. The first-order chi connectivity index (χ1) is 15.5. The zero-order valence-electron chi connectivity index (χ0n) is 17.2. The van der Waals surface area contributed by atoms with E-state index in [2.05, 4.69) is 15.9 Å². The number of nitrogens with zero attached hydrogens (tertiary/aromatic N) is 2. The van der Waals surface area contributed by atoms with E-state index in [0.29, 0.717) is 23.5 Å². The lowest BCUT2D eigenvalue weighted by atomic mass is 9.96. The Labute approximate surface area is 197 Å². The standard InChI is InChI=1S/C23H19BrN2O5S/c1-29-18-8-6-13(20(23(27)28)21(18)30-2)22-26-16(11-15(25-26)19-4-3-9-32-19)14-10-12(24)5-7-17(14)31-22/h3-10,16,22H,11H2,1-2H3,(H,27,28)/t16-,22-/m1/s1. The molecule has 9 heteroatoms. The largest absolute Gasteiger partial charge is 0.493 e. The highest BCUT2D eigenvalue weighted by molar-refractivity contribution is 9.10. The molecular formula is C23H19BrN2O5S. The number of fused-ring (bicyclic) bond motifs is 3. The summed E-state index contributed by atoms with van der Waals surface area (Å²) in [6, 6.07) is 13.2. The lowest BCUT2D eigenvalue weighted by Gasteiger charge is -2.38. The van der Waals surface area contributed by atoms with Crippen LogP contribution in [0.3, 0.4) is 0 Å². The molecule has 0 saturated heterocycles. The summed E-state index contributed by atoms with van der Waals surface area (Å²) < 4.78 is 18.0. The fourth-order valence-corrected chi connectivity index (χ4v) is 5.32. The number of hydrogen-bond donors (Lipinski definition) is 1. The second-order valence-electron chi connectivity index (χ2n) is 7.35. The van der Waals surface area contributed by atoms with Gasteiger partial charge in [-0.1, -0.05) is 22.0 Å². The van der Waals surface area contributed by atoms with Crippen molar-refractivity contribution in [2.24, 2.45) is 5.10 Å². The molecule has 1 aromatic heterocycles. The van der Waals surface area contributed by atoms with Gasteiger partial charge in [-0.05, 0) is 41.8 Å². The van der Waals surface area contributed by atoms with Crippen LogP contribution < -0.4 is 14.2 Å². The van der Waals surface area contributed by atoms with E-state index in [4.69, 9.17) is 19.3 Å². The normalized spacial score (nSPS) is 19.0.